The van der Waals surface area contributed by atoms with E-state index in [0.717, 1.165) is 25.7 Å². The van der Waals surface area contributed by atoms with Gasteiger partial charge in [0.25, 0.3) is 0 Å². The third-order valence-electron chi connectivity index (χ3n) is 4.11. The van der Waals surface area contributed by atoms with Crippen LogP contribution in [0.1, 0.15) is 105 Å². The van der Waals surface area contributed by atoms with Gasteiger partial charge in [0.2, 0.25) is 0 Å². The minimum atomic E-state index is -0.209. The third kappa shape index (κ3) is 14.5. The van der Waals surface area contributed by atoms with Gasteiger partial charge in [0, 0.05) is 12.8 Å². The summed E-state index contributed by atoms with van der Waals surface area (Å²) >= 11 is 0. The minimum absolute atomic E-state index is 0.0279. The molecule has 0 aliphatic carbocycles. The third-order valence-corrected chi connectivity index (χ3v) is 4.11. The van der Waals surface area contributed by atoms with E-state index < -0.39 is 0 Å². The predicted octanol–water partition coefficient (Wildman–Crippen LogP) is 5.57. The molecule has 24 heavy (non-hydrogen) atoms. The number of hydrogen-bond donors (Lipinski definition) is 0. The molecule has 0 spiro atoms. The highest BCUT2D eigenvalue weighted by atomic mass is 16.5. The van der Waals surface area contributed by atoms with Gasteiger partial charge in [-0.3, -0.25) is 9.59 Å². The Morgan fingerprint density at radius 2 is 1.08 bits per heavy atom. The number of ether oxygens (including phenoxy) is 2. The van der Waals surface area contributed by atoms with E-state index >= 15 is 0 Å². The number of rotatable bonds is 15. The van der Waals surface area contributed by atoms with Crippen molar-refractivity contribution in [1.82, 2.24) is 0 Å². The van der Waals surface area contributed by atoms with Crippen LogP contribution in [0.15, 0.2) is 0 Å². The van der Waals surface area contributed by atoms with Gasteiger partial charge in [-0.1, -0.05) is 46.0 Å². The molecule has 0 aromatic carbocycles. The molecule has 4 heteroatoms. The first-order valence-corrected chi connectivity index (χ1v) is 9.88. The van der Waals surface area contributed by atoms with Crippen molar-refractivity contribution in [2.75, 3.05) is 0 Å². The quantitative estimate of drug-likeness (QED) is 0.288. The Bertz CT molecular complexity index is 328. The lowest BCUT2D eigenvalue weighted by molar-refractivity contribution is -0.150. The summed E-state index contributed by atoms with van der Waals surface area (Å²) in [4.78, 5) is 23.5. The Labute approximate surface area is 148 Å². The monoisotopic (exact) mass is 342 g/mol. The van der Waals surface area contributed by atoms with Gasteiger partial charge in [-0.05, 0) is 46.0 Å². The molecule has 142 valence electrons. The van der Waals surface area contributed by atoms with Crippen LogP contribution < -0.4 is 0 Å². The molecule has 0 aliphatic heterocycles. The maximum Gasteiger partial charge on any atom is 0.306 e. The SMILES string of the molecule is CCCCCCC(C)OC(=O)CCCC(=O)OC(C)CCCCC. The summed E-state index contributed by atoms with van der Waals surface area (Å²) in [6.45, 7) is 8.21. The van der Waals surface area contributed by atoms with Gasteiger partial charge in [0.15, 0.2) is 0 Å². The van der Waals surface area contributed by atoms with Gasteiger partial charge in [-0.2, -0.15) is 0 Å². The van der Waals surface area contributed by atoms with E-state index in [-0.39, 0.29) is 30.6 Å². The molecular formula is C20H38O4. The Hall–Kier alpha value is -1.06. The van der Waals surface area contributed by atoms with Gasteiger partial charge in [-0.15, -0.1) is 0 Å². The maximum atomic E-state index is 11.7. The van der Waals surface area contributed by atoms with E-state index in [1.165, 1.54) is 32.1 Å². The van der Waals surface area contributed by atoms with Crippen LogP contribution in [-0.4, -0.2) is 24.1 Å². The maximum absolute atomic E-state index is 11.7. The van der Waals surface area contributed by atoms with E-state index in [0.29, 0.717) is 12.8 Å². The van der Waals surface area contributed by atoms with Crippen LogP contribution in [0, 0.1) is 0 Å². The Morgan fingerprint density at radius 3 is 1.54 bits per heavy atom. The van der Waals surface area contributed by atoms with Crippen LogP contribution in [0.4, 0.5) is 0 Å². The normalized spacial score (nSPS) is 13.3. The first-order chi connectivity index (χ1) is 11.5. The zero-order valence-corrected chi connectivity index (χ0v) is 16.3. The molecule has 0 aliphatic rings. The molecule has 0 aromatic rings. The highest BCUT2D eigenvalue weighted by Crippen LogP contribution is 2.11. The number of carbonyl (C=O) groups is 2. The van der Waals surface area contributed by atoms with Crippen molar-refractivity contribution in [3.63, 3.8) is 0 Å². The second-order valence-electron chi connectivity index (χ2n) is 6.80. The lowest BCUT2D eigenvalue weighted by Crippen LogP contribution is -2.17. The molecule has 0 heterocycles. The van der Waals surface area contributed by atoms with E-state index in [2.05, 4.69) is 13.8 Å². The fourth-order valence-electron chi connectivity index (χ4n) is 2.60. The summed E-state index contributed by atoms with van der Waals surface area (Å²) in [5.74, 6) is -0.416. The number of hydrogen-bond acceptors (Lipinski definition) is 4. The Morgan fingerprint density at radius 1 is 0.667 bits per heavy atom. The number of unbranched alkanes of at least 4 members (excludes halogenated alkanes) is 5. The van der Waals surface area contributed by atoms with Crippen molar-refractivity contribution < 1.29 is 19.1 Å². The fourth-order valence-corrected chi connectivity index (χ4v) is 2.60. The molecule has 0 N–H and O–H groups in total. The van der Waals surface area contributed by atoms with Crippen molar-refractivity contribution in [2.45, 2.75) is 117 Å². The van der Waals surface area contributed by atoms with Crippen molar-refractivity contribution in [3.8, 4) is 0 Å². The van der Waals surface area contributed by atoms with Gasteiger partial charge < -0.3 is 9.47 Å². The van der Waals surface area contributed by atoms with Crippen molar-refractivity contribution >= 4 is 11.9 Å². The summed E-state index contributed by atoms with van der Waals surface area (Å²) in [6.07, 6.45) is 11.0. The van der Waals surface area contributed by atoms with Gasteiger partial charge in [0.1, 0.15) is 0 Å². The van der Waals surface area contributed by atoms with Crippen molar-refractivity contribution in [3.05, 3.63) is 0 Å². The summed E-state index contributed by atoms with van der Waals surface area (Å²) in [6, 6.07) is 0. The smallest absolute Gasteiger partial charge is 0.306 e. The minimum Gasteiger partial charge on any atom is -0.463 e. The zero-order chi connectivity index (χ0) is 18.2. The standard InChI is InChI=1S/C20H38O4/c1-5-7-9-11-14-18(4)24-20(22)16-12-15-19(21)23-17(3)13-10-8-6-2/h17-18H,5-16H2,1-4H3. The molecular weight excluding hydrogens is 304 g/mol. The molecule has 2 atom stereocenters. The largest absolute Gasteiger partial charge is 0.463 e. The average Bonchev–Trinajstić information content (AvgIpc) is 2.51. The lowest BCUT2D eigenvalue weighted by atomic mass is 10.1. The van der Waals surface area contributed by atoms with Crippen LogP contribution in [0.3, 0.4) is 0 Å². The first-order valence-electron chi connectivity index (χ1n) is 9.88. The molecule has 0 rings (SSSR count). The predicted molar refractivity (Wildman–Crippen MR) is 97.9 cm³/mol. The van der Waals surface area contributed by atoms with E-state index in [4.69, 9.17) is 9.47 Å². The average molecular weight is 343 g/mol. The molecule has 0 radical (unpaired) electrons. The molecule has 0 amide bonds. The Kier molecular flexibility index (Phi) is 14.8. The molecule has 0 bridgehead atoms. The molecule has 0 aromatic heterocycles. The highest BCUT2D eigenvalue weighted by molar-refractivity contribution is 5.72. The van der Waals surface area contributed by atoms with Crippen LogP contribution in [0.2, 0.25) is 0 Å². The van der Waals surface area contributed by atoms with Crippen LogP contribution in [0.25, 0.3) is 0 Å². The molecule has 4 nitrogen and oxygen atoms in total. The van der Waals surface area contributed by atoms with Gasteiger partial charge in [0.05, 0.1) is 12.2 Å². The highest BCUT2D eigenvalue weighted by Gasteiger charge is 2.12. The molecule has 0 saturated heterocycles. The number of esters is 2. The van der Waals surface area contributed by atoms with Crippen molar-refractivity contribution in [1.29, 1.82) is 0 Å². The van der Waals surface area contributed by atoms with Crippen molar-refractivity contribution in [2.24, 2.45) is 0 Å². The fraction of sp³-hybridized carbons (Fsp3) is 0.900. The zero-order valence-electron chi connectivity index (χ0n) is 16.3. The first kappa shape index (κ1) is 22.9. The van der Waals surface area contributed by atoms with E-state index in [1.54, 1.807) is 0 Å². The second kappa shape index (κ2) is 15.5. The molecule has 0 fully saturated rings. The lowest BCUT2D eigenvalue weighted by Gasteiger charge is -2.14. The summed E-state index contributed by atoms with van der Waals surface area (Å²) < 4.78 is 10.7. The summed E-state index contributed by atoms with van der Waals surface area (Å²) in [7, 11) is 0. The summed E-state index contributed by atoms with van der Waals surface area (Å²) in [5.41, 5.74) is 0. The topological polar surface area (TPSA) is 52.6 Å². The van der Waals surface area contributed by atoms with E-state index in [1.807, 2.05) is 13.8 Å². The van der Waals surface area contributed by atoms with Gasteiger partial charge >= 0.3 is 11.9 Å². The van der Waals surface area contributed by atoms with Gasteiger partial charge in [-0.25, -0.2) is 0 Å². The number of carbonyl (C=O) groups excluding carboxylic acids is 2. The molecule has 0 saturated carbocycles. The summed E-state index contributed by atoms with van der Waals surface area (Å²) in [5, 5.41) is 0. The van der Waals surface area contributed by atoms with E-state index in [9.17, 15) is 9.59 Å². The van der Waals surface area contributed by atoms with Crippen LogP contribution in [-0.2, 0) is 19.1 Å². The van der Waals surface area contributed by atoms with Crippen LogP contribution in [0.5, 0.6) is 0 Å². The Balaban J connectivity index is 3.66. The molecule has 2 unspecified atom stereocenters. The second-order valence-corrected chi connectivity index (χ2v) is 6.80. The van der Waals surface area contributed by atoms with Crippen LogP contribution >= 0.6 is 0 Å².